The Morgan fingerprint density at radius 1 is 1.31 bits per heavy atom. The lowest BCUT2D eigenvalue weighted by atomic mass is 10.1. The molecule has 16 heavy (non-hydrogen) atoms. The van der Waals surface area contributed by atoms with Gasteiger partial charge in [-0.15, -0.1) is 11.6 Å². The minimum Gasteiger partial charge on any atom is -0.298 e. The lowest BCUT2D eigenvalue weighted by molar-refractivity contribution is 0.281. The predicted octanol–water partition coefficient (Wildman–Crippen LogP) is 3.58. The van der Waals surface area contributed by atoms with Crippen LogP contribution in [0.4, 0.5) is 4.39 Å². The number of hydrogen-bond donors (Lipinski definition) is 0. The van der Waals surface area contributed by atoms with E-state index in [1.165, 1.54) is 11.6 Å². The maximum atomic E-state index is 12.9. The first-order valence-corrected chi connectivity index (χ1v) is 6.24. The second-order valence-electron chi connectivity index (χ2n) is 4.04. The summed E-state index contributed by atoms with van der Waals surface area (Å²) < 4.78 is 12.9. The van der Waals surface area contributed by atoms with Gasteiger partial charge in [0, 0.05) is 19.0 Å². The normalized spacial score (nSPS) is 11.1. The van der Waals surface area contributed by atoms with Crippen LogP contribution in [0.15, 0.2) is 18.2 Å². The molecule has 90 valence electrons. The fraction of sp³-hybridized carbons (Fsp3) is 0.538. The van der Waals surface area contributed by atoms with Crippen molar-refractivity contribution in [3.63, 3.8) is 0 Å². The Kier molecular flexibility index (Phi) is 5.78. The van der Waals surface area contributed by atoms with Gasteiger partial charge in [-0.1, -0.05) is 13.0 Å². The van der Waals surface area contributed by atoms with E-state index in [9.17, 15) is 4.39 Å². The van der Waals surface area contributed by atoms with Crippen molar-refractivity contribution >= 4 is 11.6 Å². The first-order valence-electron chi connectivity index (χ1n) is 5.70. The molecule has 0 N–H and O–H groups in total. The van der Waals surface area contributed by atoms with Crippen molar-refractivity contribution in [2.24, 2.45) is 0 Å². The highest BCUT2D eigenvalue weighted by Gasteiger charge is 2.06. The van der Waals surface area contributed by atoms with Crippen molar-refractivity contribution in [2.75, 3.05) is 19.0 Å². The summed E-state index contributed by atoms with van der Waals surface area (Å²) >= 11 is 5.76. The Labute approximate surface area is 102 Å². The van der Waals surface area contributed by atoms with Gasteiger partial charge in [-0.2, -0.15) is 0 Å². The largest absolute Gasteiger partial charge is 0.298 e. The molecule has 0 fully saturated rings. The van der Waals surface area contributed by atoms with E-state index in [2.05, 4.69) is 11.8 Å². The van der Waals surface area contributed by atoms with Crippen molar-refractivity contribution in [3.05, 3.63) is 35.1 Å². The van der Waals surface area contributed by atoms with Gasteiger partial charge < -0.3 is 0 Å². The third-order valence-corrected chi connectivity index (χ3v) is 2.81. The zero-order valence-corrected chi connectivity index (χ0v) is 10.7. The van der Waals surface area contributed by atoms with Crippen LogP contribution in [0.3, 0.4) is 0 Å². The van der Waals surface area contributed by atoms with Gasteiger partial charge >= 0.3 is 0 Å². The summed E-state index contributed by atoms with van der Waals surface area (Å²) in [6.45, 7) is 6.87. The Hall–Kier alpha value is -0.600. The topological polar surface area (TPSA) is 3.24 Å². The van der Waals surface area contributed by atoms with Gasteiger partial charge in [0.1, 0.15) is 5.82 Å². The highest BCUT2D eigenvalue weighted by Crippen LogP contribution is 2.13. The van der Waals surface area contributed by atoms with Crippen LogP contribution in [-0.4, -0.2) is 23.9 Å². The van der Waals surface area contributed by atoms with Crippen LogP contribution in [0.2, 0.25) is 0 Å². The molecule has 0 aromatic heterocycles. The fourth-order valence-electron chi connectivity index (χ4n) is 1.78. The Balaban J connectivity index is 2.68. The van der Waals surface area contributed by atoms with Crippen molar-refractivity contribution in [1.82, 2.24) is 4.90 Å². The number of aryl methyl sites for hydroxylation is 1. The molecular weight excluding hydrogens is 225 g/mol. The molecule has 0 saturated heterocycles. The van der Waals surface area contributed by atoms with Gasteiger partial charge in [-0.05, 0) is 43.1 Å². The first kappa shape index (κ1) is 13.5. The molecule has 0 spiro atoms. The SMILES string of the molecule is CCCN(CCCl)Cc1ccc(F)cc1C. The molecule has 0 aliphatic rings. The van der Waals surface area contributed by atoms with Crippen LogP contribution in [0.5, 0.6) is 0 Å². The van der Waals surface area contributed by atoms with Gasteiger partial charge in [0.15, 0.2) is 0 Å². The maximum Gasteiger partial charge on any atom is 0.123 e. The van der Waals surface area contributed by atoms with E-state index in [-0.39, 0.29) is 5.82 Å². The summed E-state index contributed by atoms with van der Waals surface area (Å²) in [4.78, 5) is 2.30. The van der Waals surface area contributed by atoms with Crippen molar-refractivity contribution in [3.8, 4) is 0 Å². The smallest absolute Gasteiger partial charge is 0.123 e. The van der Waals surface area contributed by atoms with Gasteiger partial charge in [-0.25, -0.2) is 4.39 Å². The Bertz CT molecular complexity index is 322. The fourth-order valence-corrected chi connectivity index (χ4v) is 2.02. The number of rotatable bonds is 6. The summed E-state index contributed by atoms with van der Waals surface area (Å²) in [5, 5.41) is 0. The molecule has 0 radical (unpaired) electrons. The van der Waals surface area contributed by atoms with E-state index in [0.717, 1.165) is 31.6 Å². The van der Waals surface area contributed by atoms with E-state index in [0.29, 0.717) is 5.88 Å². The first-order chi connectivity index (χ1) is 7.67. The molecule has 1 rings (SSSR count). The second-order valence-corrected chi connectivity index (χ2v) is 4.41. The summed E-state index contributed by atoms with van der Waals surface area (Å²) in [6.07, 6.45) is 1.11. The van der Waals surface area contributed by atoms with E-state index in [1.54, 1.807) is 6.07 Å². The molecular formula is C13H19ClFN. The van der Waals surface area contributed by atoms with E-state index >= 15 is 0 Å². The minimum absolute atomic E-state index is 0.166. The van der Waals surface area contributed by atoms with Crippen LogP contribution < -0.4 is 0 Å². The van der Waals surface area contributed by atoms with E-state index < -0.39 is 0 Å². The molecule has 3 heteroatoms. The van der Waals surface area contributed by atoms with Crippen molar-refractivity contribution in [1.29, 1.82) is 0 Å². The van der Waals surface area contributed by atoms with Crippen LogP contribution in [0.1, 0.15) is 24.5 Å². The van der Waals surface area contributed by atoms with Crippen LogP contribution in [0.25, 0.3) is 0 Å². The maximum absolute atomic E-state index is 12.9. The number of alkyl halides is 1. The molecule has 0 bridgehead atoms. The third kappa shape index (κ3) is 4.11. The average molecular weight is 244 g/mol. The average Bonchev–Trinajstić information content (AvgIpc) is 2.23. The Morgan fingerprint density at radius 3 is 2.62 bits per heavy atom. The molecule has 1 aromatic rings. The van der Waals surface area contributed by atoms with Crippen molar-refractivity contribution < 1.29 is 4.39 Å². The molecule has 0 aliphatic carbocycles. The van der Waals surface area contributed by atoms with E-state index in [1.807, 2.05) is 13.0 Å². The minimum atomic E-state index is -0.166. The zero-order chi connectivity index (χ0) is 12.0. The molecule has 0 amide bonds. The van der Waals surface area contributed by atoms with Gasteiger partial charge in [0.05, 0.1) is 0 Å². The number of nitrogens with zero attached hydrogens (tertiary/aromatic N) is 1. The number of hydrogen-bond acceptors (Lipinski definition) is 1. The zero-order valence-electron chi connectivity index (χ0n) is 9.97. The van der Waals surface area contributed by atoms with Gasteiger partial charge in [0.2, 0.25) is 0 Å². The molecule has 1 aromatic carbocycles. The highest BCUT2D eigenvalue weighted by atomic mass is 35.5. The van der Waals surface area contributed by atoms with Crippen molar-refractivity contribution in [2.45, 2.75) is 26.8 Å². The lowest BCUT2D eigenvalue weighted by Gasteiger charge is -2.21. The molecule has 1 nitrogen and oxygen atoms in total. The standard InChI is InChI=1S/C13H19ClFN/c1-3-7-16(8-6-14)10-12-4-5-13(15)9-11(12)2/h4-5,9H,3,6-8,10H2,1-2H3. The molecule has 0 saturated carbocycles. The van der Waals surface area contributed by atoms with Gasteiger partial charge in [-0.3, -0.25) is 4.90 Å². The molecule has 0 heterocycles. The quantitative estimate of drug-likeness (QED) is 0.691. The summed E-state index contributed by atoms with van der Waals surface area (Å²) in [6, 6.07) is 4.97. The van der Waals surface area contributed by atoms with Crippen LogP contribution in [0, 0.1) is 12.7 Å². The summed E-state index contributed by atoms with van der Waals surface area (Å²) in [5.41, 5.74) is 2.19. The summed E-state index contributed by atoms with van der Waals surface area (Å²) in [5.74, 6) is 0.473. The second kappa shape index (κ2) is 6.87. The summed E-state index contributed by atoms with van der Waals surface area (Å²) in [7, 11) is 0. The lowest BCUT2D eigenvalue weighted by Crippen LogP contribution is -2.26. The number of halogens is 2. The number of benzene rings is 1. The van der Waals surface area contributed by atoms with Crippen LogP contribution in [-0.2, 0) is 6.54 Å². The Morgan fingerprint density at radius 2 is 2.06 bits per heavy atom. The van der Waals surface area contributed by atoms with Crippen LogP contribution >= 0.6 is 11.6 Å². The predicted molar refractivity (Wildman–Crippen MR) is 67.4 cm³/mol. The van der Waals surface area contributed by atoms with E-state index in [4.69, 9.17) is 11.6 Å². The molecule has 0 aliphatic heterocycles. The monoisotopic (exact) mass is 243 g/mol. The highest BCUT2D eigenvalue weighted by molar-refractivity contribution is 6.18. The molecule has 0 unspecified atom stereocenters. The molecule has 0 atom stereocenters. The van der Waals surface area contributed by atoms with Gasteiger partial charge in [0.25, 0.3) is 0 Å². The third-order valence-electron chi connectivity index (χ3n) is 2.64.